The molecule has 3 heteroatoms. The van der Waals surface area contributed by atoms with E-state index < -0.39 is 0 Å². The van der Waals surface area contributed by atoms with Gasteiger partial charge in [-0.1, -0.05) is 13.3 Å². The highest BCUT2D eigenvalue weighted by atomic mass is 15.3. The Bertz CT molecular complexity index is 117. The van der Waals surface area contributed by atoms with Crippen LogP contribution >= 0.6 is 0 Å². The summed E-state index contributed by atoms with van der Waals surface area (Å²) < 4.78 is 0. The van der Waals surface area contributed by atoms with Crippen LogP contribution < -0.4 is 11.5 Å². The maximum atomic E-state index is 5.63. The van der Waals surface area contributed by atoms with Gasteiger partial charge >= 0.3 is 0 Å². The summed E-state index contributed by atoms with van der Waals surface area (Å²) in [5.74, 6) is 0. The molecule has 0 amide bonds. The van der Waals surface area contributed by atoms with Crippen molar-refractivity contribution in [2.24, 2.45) is 11.5 Å². The van der Waals surface area contributed by atoms with Gasteiger partial charge in [0.25, 0.3) is 0 Å². The number of unbranched alkanes of at least 4 members (excludes halogenated alkanes) is 1. The highest BCUT2D eigenvalue weighted by Gasteiger charge is 2.35. The van der Waals surface area contributed by atoms with Gasteiger partial charge in [-0.25, -0.2) is 0 Å². The van der Waals surface area contributed by atoms with E-state index in [4.69, 9.17) is 11.5 Å². The number of nitrogens with zero attached hydrogens (tertiary/aromatic N) is 1. The van der Waals surface area contributed by atoms with E-state index in [2.05, 4.69) is 11.8 Å². The molecule has 3 nitrogen and oxygen atoms in total. The number of nitrogens with two attached hydrogens (primary N) is 2. The summed E-state index contributed by atoms with van der Waals surface area (Å²) in [6.45, 7) is 4.98. The summed E-state index contributed by atoms with van der Waals surface area (Å²) in [5, 5.41) is 0. The van der Waals surface area contributed by atoms with Crippen molar-refractivity contribution in [2.75, 3.05) is 19.6 Å². The minimum Gasteiger partial charge on any atom is -0.329 e. The first-order valence-corrected chi connectivity index (χ1v) is 4.99. The molecule has 1 rings (SSSR count). The number of hydrogen-bond donors (Lipinski definition) is 2. The fraction of sp³-hybridized carbons (Fsp3) is 1.00. The third-order valence-corrected chi connectivity index (χ3v) is 2.80. The van der Waals surface area contributed by atoms with Crippen molar-refractivity contribution in [3.63, 3.8) is 0 Å². The molecule has 72 valence electrons. The van der Waals surface area contributed by atoms with E-state index in [0.717, 1.165) is 13.1 Å². The normalized spacial score (nSPS) is 30.2. The third kappa shape index (κ3) is 1.97. The number of rotatable bonds is 5. The molecule has 1 heterocycles. The fourth-order valence-electron chi connectivity index (χ4n) is 1.91. The Kier molecular flexibility index (Phi) is 3.98. The lowest BCUT2D eigenvalue weighted by atomic mass is 9.92. The smallest absolute Gasteiger partial charge is 0.0237 e. The zero-order valence-electron chi connectivity index (χ0n) is 8.00. The van der Waals surface area contributed by atoms with Crippen LogP contribution in [0.15, 0.2) is 0 Å². The van der Waals surface area contributed by atoms with Crippen molar-refractivity contribution in [3.8, 4) is 0 Å². The lowest BCUT2D eigenvalue weighted by Crippen LogP contribution is -2.61. The molecule has 1 aliphatic heterocycles. The van der Waals surface area contributed by atoms with Crippen LogP contribution in [-0.4, -0.2) is 36.6 Å². The second kappa shape index (κ2) is 4.80. The first-order chi connectivity index (χ1) is 5.83. The minimum atomic E-state index is 0.616. The van der Waals surface area contributed by atoms with Gasteiger partial charge in [0.15, 0.2) is 0 Å². The Morgan fingerprint density at radius 3 is 2.25 bits per heavy atom. The Balaban J connectivity index is 2.25. The van der Waals surface area contributed by atoms with Crippen LogP contribution in [0.25, 0.3) is 0 Å². The zero-order valence-corrected chi connectivity index (χ0v) is 8.00. The van der Waals surface area contributed by atoms with E-state index in [9.17, 15) is 0 Å². The predicted octanol–water partition coefficient (Wildman–Crippen LogP) is 0.147. The van der Waals surface area contributed by atoms with Crippen LogP contribution in [-0.2, 0) is 0 Å². The van der Waals surface area contributed by atoms with Gasteiger partial charge in [0.1, 0.15) is 0 Å². The molecule has 1 fully saturated rings. The van der Waals surface area contributed by atoms with E-state index in [1.807, 2.05) is 0 Å². The fourth-order valence-corrected chi connectivity index (χ4v) is 1.91. The second-order valence-electron chi connectivity index (χ2n) is 3.61. The largest absolute Gasteiger partial charge is 0.329 e. The van der Waals surface area contributed by atoms with E-state index >= 15 is 0 Å². The first kappa shape index (κ1) is 9.96. The summed E-state index contributed by atoms with van der Waals surface area (Å²) in [4.78, 5) is 2.46. The molecule has 0 unspecified atom stereocenters. The summed E-state index contributed by atoms with van der Waals surface area (Å²) in [6.07, 6.45) is 3.73. The predicted molar refractivity (Wildman–Crippen MR) is 51.9 cm³/mol. The molecule has 0 aromatic rings. The van der Waals surface area contributed by atoms with E-state index in [-0.39, 0.29) is 0 Å². The van der Waals surface area contributed by atoms with Gasteiger partial charge in [0.2, 0.25) is 0 Å². The van der Waals surface area contributed by atoms with Crippen LogP contribution in [0.2, 0.25) is 0 Å². The van der Waals surface area contributed by atoms with E-state index in [1.54, 1.807) is 0 Å². The molecule has 0 aromatic carbocycles. The average molecular weight is 171 g/mol. The van der Waals surface area contributed by atoms with Crippen LogP contribution in [0.1, 0.15) is 26.2 Å². The molecular weight excluding hydrogens is 150 g/mol. The molecule has 0 spiro atoms. The highest BCUT2D eigenvalue weighted by Crippen LogP contribution is 2.24. The monoisotopic (exact) mass is 171 g/mol. The molecular formula is C9H21N3. The molecule has 1 saturated heterocycles. The van der Waals surface area contributed by atoms with E-state index in [0.29, 0.717) is 12.1 Å². The molecule has 2 atom stereocenters. The summed E-state index contributed by atoms with van der Waals surface area (Å²) >= 11 is 0. The van der Waals surface area contributed by atoms with Crippen molar-refractivity contribution in [2.45, 2.75) is 38.3 Å². The van der Waals surface area contributed by atoms with Gasteiger partial charge in [-0.15, -0.1) is 0 Å². The zero-order chi connectivity index (χ0) is 8.97. The van der Waals surface area contributed by atoms with Crippen molar-refractivity contribution in [1.82, 2.24) is 4.90 Å². The maximum Gasteiger partial charge on any atom is 0.0237 e. The van der Waals surface area contributed by atoms with Gasteiger partial charge in [-0.3, -0.25) is 4.90 Å². The SMILES string of the molecule is CCCCN1[C@H](CN)C[C@@H]1CN. The van der Waals surface area contributed by atoms with Crippen molar-refractivity contribution in [1.29, 1.82) is 0 Å². The molecule has 1 aliphatic rings. The maximum absolute atomic E-state index is 5.63. The lowest BCUT2D eigenvalue weighted by Gasteiger charge is -2.48. The van der Waals surface area contributed by atoms with Crippen LogP contribution in [0, 0.1) is 0 Å². The van der Waals surface area contributed by atoms with Crippen LogP contribution in [0.5, 0.6) is 0 Å². The molecule has 12 heavy (non-hydrogen) atoms. The Morgan fingerprint density at radius 1 is 1.25 bits per heavy atom. The standard InChI is InChI=1S/C9H21N3/c1-2-3-4-12-8(6-10)5-9(12)7-11/h8-9H,2-7,10-11H2,1H3/t8-,9+. The number of likely N-dealkylation sites (tertiary alicyclic amines) is 1. The van der Waals surface area contributed by atoms with Gasteiger partial charge < -0.3 is 11.5 Å². The molecule has 0 radical (unpaired) electrons. The van der Waals surface area contributed by atoms with Gasteiger partial charge in [-0.2, -0.15) is 0 Å². The number of hydrogen-bond acceptors (Lipinski definition) is 3. The summed E-state index contributed by atoms with van der Waals surface area (Å²) in [6, 6.07) is 1.23. The topological polar surface area (TPSA) is 55.3 Å². The Hall–Kier alpha value is -0.120. The summed E-state index contributed by atoms with van der Waals surface area (Å²) in [5.41, 5.74) is 11.3. The van der Waals surface area contributed by atoms with Crippen LogP contribution in [0.3, 0.4) is 0 Å². The second-order valence-corrected chi connectivity index (χ2v) is 3.61. The van der Waals surface area contributed by atoms with Crippen molar-refractivity contribution in [3.05, 3.63) is 0 Å². The molecule has 0 bridgehead atoms. The average Bonchev–Trinajstić information content (AvgIpc) is 2.05. The van der Waals surface area contributed by atoms with Gasteiger partial charge in [-0.05, 0) is 19.4 Å². The quantitative estimate of drug-likeness (QED) is 0.619. The molecule has 0 aliphatic carbocycles. The minimum absolute atomic E-state index is 0.616. The van der Waals surface area contributed by atoms with E-state index in [1.165, 1.54) is 25.8 Å². The third-order valence-electron chi connectivity index (χ3n) is 2.80. The summed E-state index contributed by atoms with van der Waals surface area (Å²) in [7, 11) is 0. The van der Waals surface area contributed by atoms with Crippen molar-refractivity contribution < 1.29 is 0 Å². The highest BCUT2D eigenvalue weighted by molar-refractivity contribution is 4.93. The lowest BCUT2D eigenvalue weighted by molar-refractivity contribution is 0.0247. The molecule has 0 aromatic heterocycles. The Labute approximate surface area is 75.1 Å². The molecule has 0 saturated carbocycles. The Morgan fingerprint density at radius 2 is 1.83 bits per heavy atom. The van der Waals surface area contributed by atoms with Crippen LogP contribution in [0.4, 0.5) is 0 Å². The van der Waals surface area contributed by atoms with Crippen molar-refractivity contribution >= 4 is 0 Å². The van der Waals surface area contributed by atoms with Gasteiger partial charge in [0.05, 0.1) is 0 Å². The molecule has 4 N–H and O–H groups in total. The van der Waals surface area contributed by atoms with Gasteiger partial charge in [0, 0.05) is 25.2 Å². The first-order valence-electron chi connectivity index (χ1n) is 4.99.